The van der Waals surface area contributed by atoms with Crippen LogP contribution in [0.4, 0.5) is 4.79 Å². The third-order valence-electron chi connectivity index (χ3n) is 5.53. The van der Waals surface area contributed by atoms with Crippen LogP contribution in [0, 0.1) is 19.8 Å². The largest absolute Gasteiger partial charge is 0.444 e. The highest BCUT2D eigenvalue weighted by Crippen LogP contribution is 2.41. The Bertz CT molecular complexity index is 881. The minimum atomic E-state index is -0.920. The first-order valence-electron chi connectivity index (χ1n) is 11.5. The Morgan fingerprint density at radius 2 is 1.79 bits per heavy atom. The summed E-state index contributed by atoms with van der Waals surface area (Å²) in [4.78, 5) is 41.3. The molecule has 0 bridgehead atoms. The van der Waals surface area contributed by atoms with Crippen LogP contribution in [0.3, 0.4) is 0 Å². The minimum absolute atomic E-state index is 0.0834. The van der Waals surface area contributed by atoms with Gasteiger partial charge >= 0.3 is 6.09 Å². The van der Waals surface area contributed by atoms with E-state index in [9.17, 15) is 14.4 Å². The third kappa shape index (κ3) is 7.39. The highest BCUT2D eigenvalue weighted by Gasteiger charge is 2.48. The summed E-state index contributed by atoms with van der Waals surface area (Å²) in [5.41, 5.74) is 2.10. The molecule has 1 fully saturated rings. The number of hydrogen-bond acceptors (Lipinski definition) is 5. The first-order chi connectivity index (χ1) is 15.2. The van der Waals surface area contributed by atoms with Crippen molar-refractivity contribution in [1.82, 2.24) is 15.5 Å². The van der Waals surface area contributed by atoms with Gasteiger partial charge in [-0.25, -0.2) is 4.79 Å². The van der Waals surface area contributed by atoms with Gasteiger partial charge in [-0.15, -0.1) is 0 Å². The van der Waals surface area contributed by atoms with Crippen molar-refractivity contribution in [2.24, 2.45) is 5.92 Å². The van der Waals surface area contributed by atoms with Crippen LogP contribution in [0.15, 0.2) is 18.2 Å². The number of thiol groups is 1. The van der Waals surface area contributed by atoms with Crippen molar-refractivity contribution in [2.45, 2.75) is 91.6 Å². The van der Waals surface area contributed by atoms with Gasteiger partial charge in [-0.05, 0) is 71.9 Å². The van der Waals surface area contributed by atoms with Crippen molar-refractivity contribution in [1.29, 1.82) is 0 Å². The number of benzene rings is 1. The summed E-state index contributed by atoms with van der Waals surface area (Å²) in [5.74, 6) is -0.231. The summed E-state index contributed by atoms with van der Waals surface area (Å²) in [7, 11) is 0. The predicted molar refractivity (Wildman–Crippen MR) is 133 cm³/mol. The lowest BCUT2D eigenvalue weighted by molar-refractivity contribution is -0.143. The lowest BCUT2D eigenvalue weighted by Crippen LogP contribution is -2.55. The van der Waals surface area contributed by atoms with E-state index in [-0.39, 0.29) is 35.6 Å². The molecule has 7 nitrogen and oxygen atoms in total. The second kappa shape index (κ2) is 10.8. The maximum atomic E-state index is 13.8. The van der Waals surface area contributed by atoms with Gasteiger partial charge in [0.2, 0.25) is 11.8 Å². The molecule has 0 aliphatic heterocycles. The summed E-state index contributed by atoms with van der Waals surface area (Å²) in [6.45, 7) is 15.1. The first kappa shape index (κ1) is 27.0. The topological polar surface area (TPSA) is 87.7 Å². The Hall–Kier alpha value is -2.22. The lowest BCUT2D eigenvalue weighted by atomic mass is 9.96. The number of nitrogens with zero attached hydrogens (tertiary/aromatic N) is 1. The van der Waals surface area contributed by atoms with E-state index in [1.165, 1.54) is 0 Å². The summed E-state index contributed by atoms with van der Waals surface area (Å²) < 4.78 is 5.34. The van der Waals surface area contributed by atoms with Crippen LogP contribution in [-0.4, -0.2) is 52.3 Å². The van der Waals surface area contributed by atoms with Crippen LogP contribution in [0.1, 0.15) is 70.7 Å². The number of carbonyl (C=O) groups is 3. The van der Waals surface area contributed by atoms with Gasteiger partial charge in [-0.2, -0.15) is 12.6 Å². The maximum absolute atomic E-state index is 13.8. The van der Waals surface area contributed by atoms with E-state index in [1.807, 2.05) is 45.9 Å². The van der Waals surface area contributed by atoms with Crippen molar-refractivity contribution in [3.63, 3.8) is 0 Å². The fourth-order valence-electron chi connectivity index (χ4n) is 3.90. The monoisotopic (exact) mass is 477 g/mol. The second-order valence-corrected chi connectivity index (χ2v) is 10.7. The Labute approximate surface area is 203 Å². The first-order valence-corrected chi connectivity index (χ1v) is 12.2. The molecule has 0 aromatic heterocycles. The fraction of sp³-hybridized carbons (Fsp3) is 0.640. The number of ether oxygens (including phenoxy) is 1. The number of amides is 3. The molecule has 1 aromatic carbocycles. The van der Waals surface area contributed by atoms with Gasteiger partial charge in [0.25, 0.3) is 0 Å². The SMILES string of the molecule is Cc1ccc(C(C(=O)NC(C)C)N(C(=O)C(CS)NC(=O)OC(C)(C)C)C2CC2C)c(C)c1. The standard InChI is InChI=1S/C25H39N3O4S/c1-14(2)26-22(29)21(18-10-9-15(3)11-16(18)4)28(20-12-17(20)5)23(30)19(13-33)27-24(31)32-25(6,7)8/h9-11,14,17,19-21,33H,12-13H2,1-8H3,(H,26,29)(H,27,31). The summed E-state index contributed by atoms with van der Waals surface area (Å²) in [5, 5.41) is 5.63. The van der Waals surface area contributed by atoms with Crippen LogP contribution < -0.4 is 10.6 Å². The van der Waals surface area contributed by atoms with Gasteiger partial charge in [-0.1, -0.05) is 30.7 Å². The Morgan fingerprint density at radius 1 is 1.18 bits per heavy atom. The van der Waals surface area contributed by atoms with Crippen LogP contribution in [-0.2, 0) is 14.3 Å². The average Bonchev–Trinajstić information content (AvgIpc) is 3.38. The number of hydrogen-bond donors (Lipinski definition) is 3. The van der Waals surface area contributed by atoms with Crippen molar-refractivity contribution < 1.29 is 19.1 Å². The molecule has 2 N–H and O–H groups in total. The average molecular weight is 478 g/mol. The van der Waals surface area contributed by atoms with Crippen molar-refractivity contribution in [3.05, 3.63) is 34.9 Å². The smallest absolute Gasteiger partial charge is 0.408 e. The number of aryl methyl sites for hydroxylation is 2. The van der Waals surface area contributed by atoms with E-state index in [4.69, 9.17) is 4.74 Å². The van der Waals surface area contributed by atoms with Crippen molar-refractivity contribution in [2.75, 3.05) is 5.75 Å². The Kier molecular flexibility index (Phi) is 8.85. The number of carbonyl (C=O) groups excluding carboxylic acids is 3. The summed E-state index contributed by atoms with van der Waals surface area (Å²) in [6, 6.07) is 3.98. The minimum Gasteiger partial charge on any atom is -0.444 e. The molecular weight excluding hydrogens is 438 g/mol. The highest BCUT2D eigenvalue weighted by molar-refractivity contribution is 7.80. The van der Waals surface area contributed by atoms with Gasteiger partial charge in [0, 0.05) is 17.8 Å². The number of nitrogens with one attached hydrogen (secondary N) is 2. The van der Waals surface area contributed by atoms with E-state index in [0.29, 0.717) is 0 Å². The van der Waals surface area contributed by atoms with Crippen LogP contribution >= 0.6 is 12.6 Å². The third-order valence-corrected chi connectivity index (χ3v) is 5.89. The highest BCUT2D eigenvalue weighted by atomic mass is 32.1. The number of rotatable bonds is 8. The molecule has 1 aliphatic carbocycles. The van der Waals surface area contributed by atoms with Gasteiger partial charge in [0.05, 0.1) is 0 Å². The summed E-state index contributed by atoms with van der Waals surface area (Å²) in [6.07, 6.45) is 0.113. The zero-order valence-electron chi connectivity index (χ0n) is 21.1. The molecule has 3 amide bonds. The molecule has 4 atom stereocenters. The summed E-state index contributed by atoms with van der Waals surface area (Å²) >= 11 is 4.33. The molecule has 0 spiro atoms. The predicted octanol–water partition coefficient (Wildman–Crippen LogP) is 3.93. The Morgan fingerprint density at radius 3 is 2.24 bits per heavy atom. The van der Waals surface area contributed by atoms with Crippen LogP contribution in [0.5, 0.6) is 0 Å². The molecular formula is C25H39N3O4S. The molecule has 1 aromatic rings. The van der Waals surface area contributed by atoms with E-state index in [2.05, 4.69) is 30.2 Å². The molecule has 0 radical (unpaired) electrons. The maximum Gasteiger partial charge on any atom is 0.408 e. The molecule has 184 valence electrons. The van der Waals surface area contributed by atoms with Crippen molar-refractivity contribution in [3.8, 4) is 0 Å². The molecule has 0 heterocycles. The lowest BCUT2D eigenvalue weighted by Gasteiger charge is -2.35. The zero-order valence-corrected chi connectivity index (χ0v) is 22.0. The van der Waals surface area contributed by atoms with E-state index >= 15 is 0 Å². The van der Waals surface area contributed by atoms with Crippen molar-refractivity contribution >= 4 is 30.5 Å². The van der Waals surface area contributed by atoms with E-state index < -0.39 is 23.8 Å². The fourth-order valence-corrected chi connectivity index (χ4v) is 4.15. The van der Waals surface area contributed by atoms with E-state index in [1.54, 1.807) is 25.7 Å². The van der Waals surface area contributed by atoms with Crippen LogP contribution in [0.25, 0.3) is 0 Å². The number of alkyl carbamates (subject to hydrolysis) is 1. The quantitative estimate of drug-likeness (QED) is 0.495. The molecule has 1 aliphatic rings. The van der Waals surface area contributed by atoms with Gasteiger partial charge < -0.3 is 20.3 Å². The molecule has 4 unspecified atom stereocenters. The molecule has 33 heavy (non-hydrogen) atoms. The van der Waals surface area contributed by atoms with Gasteiger partial charge in [-0.3, -0.25) is 9.59 Å². The molecule has 2 rings (SSSR count). The molecule has 1 saturated carbocycles. The normalized spacial score (nSPS) is 19.5. The van der Waals surface area contributed by atoms with Gasteiger partial charge in [0.1, 0.15) is 17.7 Å². The van der Waals surface area contributed by atoms with Crippen LogP contribution in [0.2, 0.25) is 0 Å². The van der Waals surface area contributed by atoms with E-state index in [0.717, 1.165) is 23.1 Å². The zero-order chi connectivity index (χ0) is 25.1. The Balaban J connectivity index is 2.46. The molecule has 8 heteroatoms. The van der Waals surface area contributed by atoms with Gasteiger partial charge in [0.15, 0.2) is 0 Å². The molecule has 0 saturated heterocycles. The second-order valence-electron chi connectivity index (χ2n) is 10.3.